The number of halogens is 2. The van der Waals surface area contributed by atoms with Crippen molar-refractivity contribution in [2.45, 2.75) is 101 Å². The van der Waals surface area contributed by atoms with Crippen LogP contribution in [0.5, 0.6) is 0 Å². The first-order valence-corrected chi connectivity index (χ1v) is 22.0. The van der Waals surface area contributed by atoms with Crippen LogP contribution in [-0.4, -0.2) is 59.6 Å². The Bertz CT molecular complexity index is 2280. The number of nitrogens with two attached hydrogens (primary N) is 6. The van der Waals surface area contributed by atoms with Gasteiger partial charge in [-0.3, -0.25) is 19.2 Å². The number of rotatable bonds is 20. The predicted octanol–water partition coefficient (Wildman–Crippen LogP) is 4.85. The Morgan fingerprint density at radius 2 is 0.954 bits per heavy atom. The fraction of sp³-hybridized carbons (Fsp3) is 0.360. The minimum Gasteiger partial charge on any atom is -0.422 e. The highest BCUT2D eigenvalue weighted by atomic mass is 19.1. The van der Waals surface area contributed by atoms with Gasteiger partial charge in [-0.2, -0.15) is 0 Å². The number of carbonyl (C=O) groups is 4. The number of ketones is 2. The molecule has 2 heterocycles. The first-order valence-electron chi connectivity index (χ1n) is 22.0. The number of ether oxygens (including phenoxy) is 1. The van der Waals surface area contributed by atoms with E-state index in [2.05, 4.69) is 0 Å². The van der Waals surface area contributed by atoms with E-state index in [1.807, 2.05) is 0 Å². The van der Waals surface area contributed by atoms with E-state index < -0.39 is 58.2 Å². The second-order valence-electron chi connectivity index (χ2n) is 17.5. The molecule has 2 aliphatic rings. The van der Waals surface area contributed by atoms with E-state index in [9.17, 15) is 18.4 Å². The minimum atomic E-state index is -1.56. The molecular weight excluding hydrogens is 831 g/mol. The van der Waals surface area contributed by atoms with Crippen LogP contribution < -0.4 is 44.2 Å². The molecule has 13 nitrogen and oxygen atoms in total. The van der Waals surface area contributed by atoms with Gasteiger partial charge < -0.3 is 39.1 Å². The van der Waals surface area contributed by atoms with Gasteiger partial charge in [0.25, 0.3) is 11.8 Å². The van der Waals surface area contributed by atoms with Gasteiger partial charge in [-0.15, -0.1) is 0 Å². The molecule has 4 atom stereocenters. The normalized spacial score (nSPS) is 16.5. The van der Waals surface area contributed by atoms with Crippen molar-refractivity contribution in [3.63, 3.8) is 0 Å². The van der Waals surface area contributed by atoms with Gasteiger partial charge in [0.15, 0.2) is 11.6 Å². The Morgan fingerprint density at radius 3 is 1.31 bits per heavy atom. The predicted molar refractivity (Wildman–Crippen MR) is 248 cm³/mol. The number of aryl methyl sites for hydroxylation is 2. The van der Waals surface area contributed by atoms with Gasteiger partial charge in [-0.1, -0.05) is 60.7 Å². The molecule has 4 aromatic carbocycles. The summed E-state index contributed by atoms with van der Waals surface area (Å²) in [7, 11) is 0. The molecule has 65 heavy (non-hydrogen) atoms. The fourth-order valence-corrected chi connectivity index (χ4v) is 8.19. The molecule has 2 aliphatic heterocycles. The van der Waals surface area contributed by atoms with Crippen LogP contribution in [0.15, 0.2) is 120 Å². The lowest BCUT2D eigenvalue weighted by molar-refractivity contribution is -0.123. The number of benzene rings is 4. The highest BCUT2D eigenvalue weighted by Gasteiger charge is 2.46. The maximum Gasteiger partial charge on any atom is 0.253 e. The Labute approximate surface area is 378 Å². The van der Waals surface area contributed by atoms with Gasteiger partial charge >= 0.3 is 0 Å². The molecular formula is C50H60F2N8O5. The van der Waals surface area contributed by atoms with Crippen molar-refractivity contribution >= 4 is 34.8 Å². The molecule has 0 aromatic heterocycles. The zero-order chi connectivity index (χ0) is 47.1. The quantitative estimate of drug-likeness (QED) is 0.0701. The summed E-state index contributed by atoms with van der Waals surface area (Å²) in [5, 5.41) is 0. The Hall–Kier alpha value is -5.94. The highest BCUT2D eigenvalue weighted by molar-refractivity contribution is 6.10. The van der Waals surface area contributed by atoms with Crippen LogP contribution in [0.1, 0.15) is 74.6 Å². The number of anilines is 2. The van der Waals surface area contributed by atoms with Gasteiger partial charge in [-0.25, -0.2) is 18.6 Å². The smallest absolute Gasteiger partial charge is 0.253 e. The van der Waals surface area contributed by atoms with Gasteiger partial charge in [0.05, 0.1) is 45.7 Å². The number of amides is 2. The molecule has 12 N–H and O–H groups in total. The summed E-state index contributed by atoms with van der Waals surface area (Å²) in [6, 6.07) is 23.4. The van der Waals surface area contributed by atoms with E-state index in [-0.39, 0.29) is 74.5 Å². The van der Waals surface area contributed by atoms with Crippen molar-refractivity contribution in [3.8, 4) is 0 Å². The summed E-state index contributed by atoms with van der Waals surface area (Å²) in [5.74, 6) is -3.83. The average Bonchev–Trinajstić information content (AvgIpc) is 3.30. The van der Waals surface area contributed by atoms with Gasteiger partial charge in [-0.05, 0) is 137 Å². The summed E-state index contributed by atoms with van der Waals surface area (Å²) in [6.45, 7) is 3.63. The summed E-state index contributed by atoms with van der Waals surface area (Å²) >= 11 is 0. The number of fused-ring (bicyclic) bond motifs is 2. The van der Waals surface area contributed by atoms with Crippen LogP contribution >= 0.6 is 0 Å². The third-order valence-electron chi connectivity index (χ3n) is 12.1. The van der Waals surface area contributed by atoms with E-state index in [1.54, 1.807) is 86.6 Å². The monoisotopic (exact) mass is 890 g/mol. The third-order valence-corrected chi connectivity index (χ3v) is 12.1. The second kappa shape index (κ2) is 20.9. The van der Waals surface area contributed by atoms with Crippen LogP contribution in [0.2, 0.25) is 0 Å². The van der Waals surface area contributed by atoms with Crippen LogP contribution in [0.4, 0.5) is 20.2 Å². The molecule has 0 saturated carbocycles. The SMILES string of the molecule is C[C@](N)(CCCN)C(=O)N1C(OC2=C(C(=O)[C@@H](N)CCc3ccc(F)cc3)Cc3ccccc3N2C(=O)[C@@](C)(N)CCCN)=C(C(=O)[C@@H](N)CCc2ccc(F)cc2)Cc2ccccc21. The van der Waals surface area contributed by atoms with Crippen LogP contribution in [0.25, 0.3) is 0 Å². The standard InChI is InChI=1S/C50H60F2N8O5/c1-49(57,25-7-27-53)47(63)59-41-11-5-3-9-33(41)29-37(43(61)39(55)23-17-31-13-19-35(51)20-14-31)45(59)65-46-38(44(62)40(56)24-18-32-15-21-36(52)22-16-32)30-34-10-4-6-12-42(34)60(46)48(64)50(2,58)26-8-28-54/h3-6,9-16,19-22,39-40H,7-8,17-18,23-30,53-58H2,1-2H3/t39-,40-,49-,50-/m0/s1. The maximum absolute atomic E-state index is 15.1. The van der Waals surface area contributed by atoms with E-state index in [4.69, 9.17) is 39.1 Å². The van der Waals surface area contributed by atoms with Crippen molar-refractivity contribution in [2.75, 3.05) is 22.9 Å². The molecule has 0 fully saturated rings. The lowest BCUT2D eigenvalue weighted by Gasteiger charge is -2.41. The second-order valence-corrected chi connectivity index (χ2v) is 17.5. The Balaban J connectivity index is 1.56. The minimum absolute atomic E-state index is 0.0110. The van der Waals surface area contributed by atoms with Crippen LogP contribution in [0, 0.1) is 11.6 Å². The van der Waals surface area contributed by atoms with Crippen molar-refractivity contribution in [1.82, 2.24) is 0 Å². The number of carbonyl (C=O) groups excluding carboxylic acids is 4. The molecule has 0 bridgehead atoms. The largest absolute Gasteiger partial charge is 0.422 e. The highest BCUT2D eigenvalue weighted by Crippen LogP contribution is 2.42. The van der Waals surface area contributed by atoms with E-state index in [0.717, 1.165) is 11.1 Å². The third kappa shape index (κ3) is 11.1. The molecule has 0 spiro atoms. The van der Waals surface area contributed by atoms with Gasteiger partial charge in [0.1, 0.15) is 11.6 Å². The van der Waals surface area contributed by atoms with Gasteiger partial charge in [0.2, 0.25) is 11.8 Å². The Morgan fingerprint density at radius 1 is 0.600 bits per heavy atom. The number of hydrogen-bond donors (Lipinski definition) is 6. The van der Waals surface area contributed by atoms with Crippen molar-refractivity contribution in [1.29, 1.82) is 0 Å². The average molecular weight is 891 g/mol. The molecule has 15 heteroatoms. The Kier molecular flexibility index (Phi) is 15.6. The zero-order valence-corrected chi connectivity index (χ0v) is 37.0. The van der Waals surface area contributed by atoms with Crippen molar-refractivity contribution < 1.29 is 32.7 Å². The van der Waals surface area contributed by atoms with E-state index >= 15 is 9.59 Å². The zero-order valence-electron chi connectivity index (χ0n) is 37.0. The number of nitrogens with zero attached hydrogens (tertiary/aromatic N) is 2. The number of para-hydroxylation sites is 2. The van der Waals surface area contributed by atoms with Crippen molar-refractivity contribution in [2.24, 2.45) is 34.4 Å². The molecule has 4 aromatic rings. The van der Waals surface area contributed by atoms with Gasteiger partial charge in [0, 0.05) is 12.8 Å². The topological polar surface area (TPSA) is 240 Å². The molecule has 0 saturated heterocycles. The molecule has 0 unspecified atom stereocenters. The number of hydrogen-bond acceptors (Lipinski definition) is 11. The van der Waals surface area contributed by atoms with E-state index in [0.29, 0.717) is 48.2 Å². The summed E-state index contributed by atoms with van der Waals surface area (Å²) in [6.07, 6.45) is 1.94. The molecule has 2 amide bonds. The fourth-order valence-electron chi connectivity index (χ4n) is 8.19. The van der Waals surface area contributed by atoms with Crippen molar-refractivity contribution in [3.05, 3.63) is 154 Å². The van der Waals surface area contributed by atoms with E-state index in [1.165, 1.54) is 34.1 Å². The summed E-state index contributed by atoms with van der Waals surface area (Å²) < 4.78 is 34.5. The lowest BCUT2D eigenvalue weighted by atomic mass is 9.88. The maximum atomic E-state index is 15.1. The first-order chi connectivity index (χ1) is 31.0. The number of Topliss-reactive ketones (excluding diaryl/α,β-unsaturated/α-hetero) is 2. The van der Waals surface area contributed by atoms with Crippen LogP contribution in [0.3, 0.4) is 0 Å². The van der Waals surface area contributed by atoms with Crippen LogP contribution in [-0.2, 0) is 49.6 Å². The molecule has 344 valence electrons. The molecule has 0 aliphatic carbocycles. The molecule has 0 radical (unpaired) electrons. The molecule has 6 rings (SSSR count). The summed E-state index contributed by atoms with van der Waals surface area (Å²) in [5.41, 5.74) is 39.1. The summed E-state index contributed by atoms with van der Waals surface area (Å²) in [4.78, 5) is 62.5. The first kappa shape index (κ1) is 48.5. The lowest BCUT2D eigenvalue weighted by Crippen LogP contribution is -2.57.